The van der Waals surface area contributed by atoms with E-state index in [1.807, 2.05) is 0 Å². The van der Waals surface area contributed by atoms with Gasteiger partial charge in [-0.25, -0.2) is 4.89 Å². The zero-order valence-corrected chi connectivity index (χ0v) is 5.48. The molecule has 0 radical (unpaired) electrons. The van der Waals surface area contributed by atoms with E-state index in [0.29, 0.717) is 0 Å². The molecule has 4 heteroatoms. The van der Waals surface area contributed by atoms with Crippen LogP contribution in [0.1, 0.15) is 13.8 Å². The minimum atomic E-state index is -1.03. The highest BCUT2D eigenvalue weighted by Gasteiger charge is 2.19. The smallest absolute Gasteiger partial charge is 0.118 e. The molecular formula is C5H12O4. The van der Waals surface area contributed by atoms with E-state index >= 15 is 0 Å². The molecule has 0 heterocycles. The van der Waals surface area contributed by atoms with Crippen LogP contribution in [0.25, 0.3) is 0 Å². The van der Waals surface area contributed by atoms with Crippen LogP contribution in [-0.4, -0.2) is 33.8 Å². The van der Waals surface area contributed by atoms with Crippen molar-refractivity contribution < 1.29 is 20.4 Å². The Labute approximate surface area is 53.6 Å². The summed E-state index contributed by atoms with van der Waals surface area (Å²) in [5, 5.41) is 25.5. The molecule has 0 bridgehead atoms. The topological polar surface area (TPSA) is 69.9 Å². The lowest BCUT2D eigenvalue weighted by atomic mass is 10.1. The molecule has 0 rings (SSSR count). The van der Waals surface area contributed by atoms with E-state index in [4.69, 9.17) is 15.5 Å². The molecule has 0 spiro atoms. The summed E-state index contributed by atoms with van der Waals surface area (Å²) < 4.78 is 0. The first kappa shape index (κ1) is 8.84. The van der Waals surface area contributed by atoms with E-state index in [0.717, 1.165) is 0 Å². The summed E-state index contributed by atoms with van der Waals surface area (Å²) in [6.07, 6.45) is -2.66. The molecule has 0 aromatic rings. The Morgan fingerprint density at radius 1 is 1.22 bits per heavy atom. The predicted octanol–water partition coefficient (Wildman–Crippen LogP) is -0.394. The maximum absolute atomic E-state index is 8.86. The summed E-state index contributed by atoms with van der Waals surface area (Å²) >= 11 is 0. The van der Waals surface area contributed by atoms with Crippen LogP contribution in [0.15, 0.2) is 0 Å². The third kappa shape index (κ3) is 2.76. The van der Waals surface area contributed by atoms with E-state index in [1.54, 1.807) is 0 Å². The van der Waals surface area contributed by atoms with Gasteiger partial charge in [0.05, 0.1) is 6.10 Å². The van der Waals surface area contributed by atoms with E-state index in [2.05, 4.69) is 4.89 Å². The first-order chi connectivity index (χ1) is 4.09. The van der Waals surface area contributed by atoms with Crippen molar-refractivity contribution in [2.75, 3.05) is 0 Å². The highest BCUT2D eigenvalue weighted by Crippen LogP contribution is 2.00. The van der Waals surface area contributed by atoms with Crippen LogP contribution in [-0.2, 0) is 4.89 Å². The Kier molecular flexibility index (Phi) is 3.72. The molecule has 0 aromatic heterocycles. The molecule has 9 heavy (non-hydrogen) atoms. The maximum atomic E-state index is 8.86. The average Bonchev–Trinajstić information content (AvgIpc) is 1.84. The van der Waals surface area contributed by atoms with Gasteiger partial charge in [-0.3, -0.25) is 5.26 Å². The number of hydrogen-bond donors (Lipinski definition) is 3. The molecule has 3 unspecified atom stereocenters. The molecular weight excluding hydrogens is 124 g/mol. The number of hydrogen-bond acceptors (Lipinski definition) is 4. The number of rotatable bonds is 3. The van der Waals surface area contributed by atoms with Crippen LogP contribution in [0.3, 0.4) is 0 Å². The van der Waals surface area contributed by atoms with E-state index < -0.39 is 18.3 Å². The minimum Gasteiger partial charge on any atom is -0.391 e. The van der Waals surface area contributed by atoms with Crippen molar-refractivity contribution in [3.05, 3.63) is 0 Å². The van der Waals surface area contributed by atoms with Crippen molar-refractivity contribution in [3.8, 4) is 0 Å². The normalized spacial score (nSPS) is 21.0. The Bertz CT molecular complexity index is 73.4. The van der Waals surface area contributed by atoms with Crippen molar-refractivity contribution in [2.45, 2.75) is 32.2 Å². The van der Waals surface area contributed by atoms with Gasteiger partial charge >= 0.3 is 0 Å². The van der Waals surface area contributed by atoms with Crippen molar-refractivity contribution in [1.29, 1.82) is 0 Å². The van der Waals surface area contributed by atoms with Crippen molar-refractivity contribution in [1.82, 2.24) is 0 Å². The summed E-state index contributed by atoms with van der Waals surface area (Å²) in [7, 11) is 0. The van der Waals surface area contributed by atoms with Gasteiger partial charge in [0.2, 0.25) is 0 Å². The second-order valence-corrected chi connectivity index (χ2v) is 2.04. The molecule has 3 atom stereocenters. The van der Waals surface area contributed by atoms with Gasteiger partial charge in [-0.15, -0.1) is 0 Å². The number of aliphatic hydroxyl groups is 2. The second kappa shape index (κ2) is 3.79. The molecule has 0 saturated heterocycles. The van der Waals surface area contributed by atoms with Gasteiger partial charge in [0.25, 0.3) is 0 Å². The minimum absolute atomic E-state index is 0.745. The molecule has 0 aromatic carbocycles. The molecule has 0 aliphatic carbocycles. The Morgan fingerprint density at radius 3 is 1.78 bits per heavy atom. The van der Waals surface area contributed by atoms with E-state index in [1.165, 1.54) is 13.8 Å². The van der Waals surface area contributed by atoms with Crippen LogP contribution >= 0.6 is 0 Å². The standard InChI is InChI=1S/C5H12O4/c1-3(6)5(7)4(2)9-8/h3-8H,1-2H3. The second-order valence-electron chi connectivity index (χ2n) is 2.04. The molecule has 0 fully saturated rings. The van der Waals surface area contributed by atoms with Gasteiger partial charge in [0, 0.05) is 0 Å². The van der Waals surface area contributed by atoms with Crippen LogP contribution in [0.5, 0.6) is 0 Å². The predicted molar refractivity (Wildman–Crippen MR) is 30.9 cm³/mol. The zero-order valence-electron chi connectivity index (χ0n) is 5.48. The fourth-order valence-electron chi connectivity index (χ4n) is 0.455. The fraction of sp³-hybridized carbons (Fsp3) is 1.00. The van der Waals surface area contributed by atoms with Gasteiger partial charge in [0.1, 0.15) is 12.2 Å². The first-order valence-electron chi connectivity index (χ1n) is 2.76. The Balaban J connectivity index is 3.58. The molecule has 0 amide bonds. The summed E-state index contributed by atoms with van der Waals surface area (Å²) in [4.78, 5) is 3.76. The lowest BCUT2D eigenvalue weighted by Gasteiger charge is -2.17. The lowest BCUT2D eigenvalue weighted by Crippen LogP contribution is -2.34. The number of aliphatic hydroxyl groups excluding tert-OH is 2. The first-order valence-corrected chi connectivity index (χ1v) is 2.76. The van der Waals surface area contributed by atoms with Gasteiger partial charge in [0.15, 0.2) is 0 Å². The third-order valence-electron chi connectivity index (χ3n) is 1.14. The molecule has 56 valence electrons. The Morgan fingerprint density at radius 2 is 1.67 bits per heavy atom. The van der Waals surface area contributed by atoms with Crippen LogP contribution in [0.2, 0.25) is 0 Å². The van der Waals surface area contributed by atoms with Crippen molar-refractivity contribution in [3.63, 3.8) is 0 Å². The molecule has 3 N–H and O–H groups in total. The molecule has 0 saturated carbocycles. The molecule has 0 aliphatic rings. The monoisotopic (exact) mass is 136 g/mol. The molecule has 4 nitrogen and oxygen atoms in total. The fourth-order valence-corrected chi connectivity index (χ4v) is 0.455. The average molecular weight is 136 g/mol. The van der Waals surface area contributed by atoms with Gasteiger partial charge in [-0.2, -0.15) is 0 Å². The van der Waals surface area contributed by atoms with Crippen molar-refractivity contribution in [2.24, 2.45) is 0 Å². The van der Waals surface area contributed by atoms with Crippen LogP contribution in [0.4, 0.5) is 0 Å². The van der Waals surface area contributed by atoms with Crippen LogP contribution < -0.4 is 0 Å². The van der Waals surface area contributed by atoms with E-state index in [9.17, 15) is 0 Å². The summed E-state index contributed by atoms with van der Waals surface area (Å²) in [6.45, 7) is 2.87. The zero-order chi connectivity index (χ0) is 7.44. The SMILES string of the molecule is CC(O)C(O)C(C)OO. The highest BCUT2D eigenvalue weighted by atomic mass is 17.1. The van der Waals surface area contributed by atoms with Gasteiger partial charge in [-0.1, -0.05) is 0 Å². The van der Waals surface area contributed by atoms with Gasteiger partial charge in [-0.05, 0) is 13.8 Å². The summed E-state index contributed by atoms with van der Waals surface area (Å²) in [6, 6.07) is 0. The van der Waals surface area contributed by atoms with Gasteiger partial charge < -0.3 is 10.2 Å². The lowest BCUT2D eigenvalue weighted by molar-refractivity contribution is -0.297. The van der Waals surface area contributed by atoms with Crippen molar-refractivity contribution >= 4 is 0 Å². The van der Waals surface area contributed by atoms with Crippen LogP contribution in [0, 0.1) is 0 Å². The van der Waals surface area contributed by atoms with E-state index in [-0.39, 0.29) is 0 Å². The Hall–Kier alpha value is -0.160. The molecule has 0 aliphatic heterocycles. The maximum Gasteiger partial charge on any atom is 0.118 e. The highest BCUT2D eigenvalue weighted by molar-refractivity contribution is 4.67. The summed E-state index contributed by atoms with van der Waals surface area (Å²) in [5.74, 6) is 0. The summed E-state index contributed by atoms with van der Waals surface area (Å²) in [5.41, 5.74) is 0. The quantitative estimate of drug-likeness (QED) is 0.365. The largest absolute Gasteiger partial charge is 0.391 e. The third-order valence-corrected chi connectivity index (χ3v) is 1.14.